The van der Waals surface area contributed by atoms with Crippen LogP contribution in [0.4, 0.5) is 17.5 Å². The van der Waals surface area contributed by atoms with Gasteiger partial charge in [-0.15, -0.1) is 0 Å². The van der Waals surface area contributed by atoms with Crippen molar-refractivity contribution in [3.63, 3.8) is 0 Å². The molecule has 2 aliphatic carbocycles. The van der Waals surface area contributed by atoms with Gasteiger partial charge in [0.1, 0.15) is 11.6 Å². The molecule has 0 radical (unpaired) electrons. The van der Waals surface area contributed by atoms with Crippen LogP contribution in [-0.4, -0.2) is 54.1 Å². The maximum absolute atomic E-state index is 12.8. The monoisotopic (exact) mass is 468 g/mol. The van der Waals surface area contributed by atoms with E-state index >= 15 is 0 Å². The molecule has 0 spiro atoms. The Morgan fingerprint density at radius 1 is 1.12 bits per heavy atom. The summed E-state index contributed by atoms with van der Waals surface area (Å²) >= 11 is 0. The summed E-state index contributed by atoms with van der Waals surface area (Å²) in [5.74, 6) is 1.61. The number of nitro groups is 1. The number of non-ortho nitro benzene ring substituents is 1. The lowest BCUT2D eigenvalue weighted by Crippen LogP contribution is -2.40. The first kappa shape index (κ1) is 23.7. The third-order valence-corrected chi connectivity index (χ3v) is 6.62. The average molecular weight is 469 g/mol. The molecule has 0 aliphatic heterocycles. The third kappa shape index (κ3) is 5.21. The highest BCUT2D eigenvalue weighted by Gasteiger charge is 2.26. The maximum Gasteiger partial charge on any atom is 0.273 e. The van der Waals surface area contributed by atoms with Gasteiger partial charge in [0, 0.05) is 37.8 Å². The summed E-state index contributed by atoms with van der Waals surface area (Å²) in [6, 6.07) is 4.32. The number of methoxy groups -OCH3 is 1. The second-order valence-electron chi connectivity index (χ2n) is 9.21. The SMILES string of the molecule is COc1cc([N+](=O)[O-])ccc1C(=O)N[C@H]1CC[C@@H](Nc2nc3c(c(N(C)C)n2)CCCC3)CC1. The van der Waals surface area contributed by atoms with Crippen LogP contribution in [0.2, 0.25) is 0 Å². The van der Waals surface area contributed by atoms with Gasteiger partial charge in [0.15, 0.2) is 0 Å². The van der Waals surface area contributed by atoms with E-state index in [1.807, 2.05) is 14.1 Å². The third-order valence-electron chi connectivity index (χ3n) is 6.62. The van der Waals surface area contributed by atoms with Gasteiger partial charge < -0.3 is 20.3 Å². The Labute approximate surface area is 199 Å². The number of hydrogen-bond acceptors (Lipinski definition) is 8. The number of anilines is 2. The highest BCUT2D eigenvalue weighted by molar-refractivity contribution is 5.97. The number of hydrogen-bond donors (Lipinski definition) is 2. The van der Waals surface area contributed by atoms with Crippen LogP contribution in [0.5, 0.6) is 5.75 Å². The molecule has 0 saturated heterocycles. The zero-order valence-electron chi connectivity index (χ0n) is 20.0. The summed E-state index contributed by atoms with van der Waals surface area (Å²) < 4.78 is 5.20. The Morgan fingerprint density at radius 2 is 1.82 bits per heavy atom. The van der Waals surface area contributed by atoms with Gasteiger partial charge >= 0.3 is 0 Å². The highest BCUT2D eigenvalue weighted by atomic mass is 16.6. The molecule has 1 fully saturated rings. The molecule has 4 rings (SSSR count). The molecule has 2 aliphatic rings. The van der Waals surface area contributed by atoms with Gasteiger partial charge in [0.2, 0.25) is 5.95 Å². The van der Waals surface area contributed by atoms with E-state index in [2.05, 4.69) is 15.5 Å². The zero-order chi connectivity index (χ0) is 24.2. The van der Waals surface area contributed by atoms with E-state index in [4.69, 9.17) is 14.7 Å². The quantitative estimate of drug-likeness (QED) is 0.468. The number of nitro benzene ring substituents is 1. The molecule has 1 aromatic carbocycles. The summed E-state index contributed by atoms with van der Waals surface area (Å²) in [6.45, 7) is 0. The minimum atomic E-state index is -0.508. The summed E-state index contributed by atoms with van der Waals surface area (Å²) in [4.78, 5) is 34.9. The van der Waals surface area contributed by atoms with Gasteiger partial charge in [0.25, 0.3) is 11.6 Å². The first-order valence-corrected chi connectivity index (χ1v) is 11.8. The van der Waals surface area contributed by atoms with Gasteiger partial charge in [-0.1, -0.05) is 0 Å². The minimum absolute atomic E-state index is 0.0345. The van der Waals surface area contributed by atoms with Crippen molar-refractivity contribution in [3.8, 4) is 5.75 Å². The smallest absolute Gasteiger partial charge is 0.273 e. The van der Waals surface area contributed by atoms with Crippen molar-refractivity contribution in [1.82, 2.24) is 15.3 Å². The molecular formula is C24H32N6O4. The Bertz CT molecular complexity index is 1070. The molecule has 1 aromatic heterocycles. The Kier molecular flexibility index (Phi) is 7.14. The molecule has 1 amide bonds. The molecule has 10 heteroatoms. The van der Waals surface area contributed by atoms with Crippen LogP contribution in [0.1, 0.15) is 60.1 Å². The standard InChI is InChI=1S/C24H32N6O4/c1-29(2)22-18-6-4-5-7-20(18)27-24(28-22)26-16-10-8-15(9-11-16)25-23(31)19-13-12-17(30(32)33)14-21(19)34-3/h12-16H,4-11H2,1-3H3,(H,25,31)(H,26,27,28)/t15-,16+. The molecule has 2 N–H and O–H groups in total. The van der Waals surface area contributed by atoms with Crippen molar-refractivity contribution in [2.75, 3.05) is 31.4 Å². The number of aromatic nitrogens is 2. The molecule has 1 heterocycles. The lowest BCUT2D eigenvalue weighted by molar-refractivity contribution is -0.384. The summed E-state index contributed by atoms with van der Waals surface area (Å²) in [6.07, 6.45) is 7.81. The molecule has 10 nitrogen and oxygen atoms in total. The lowest BCUT2D eigenvalue weighted by Gasteiger charge is -2.30. The fraction of sp³-hybridized carbons (Fsp3) is 0.542. The van der Waals surface area contributed by atoms with E-state index < -0.39 is 4.92 Å². The second kappa shape index (κ2) is 10.2. The second-order valence-corrected chi connectivity index (χ2v) is 9.21. The van der Waals surface area contributed by atoms with Gasteiger partial charge in [-0.05, 0) is 57.4 Å². The summed E-state index contributed by atoms with van der Waals surface area (Å²) in [5, 5.41) is 17.6. The normalized spacial score (nSPS) is 19.6. The van der Waals surface area contributed by atoms with Crippen LogP contribution in [0, 0.1) is 10.1 Å². The number of ether oxygens (including phenoxy) is 1. The van der Waals surface area contributed by atoms with Crippen LogP contribution < -0.4 is 20.3 Å². The summed E-state index contributed by atoms with van der Waals surface area (Å²) in [5.41, 5.74) is 2.62. The number of carbonyl (C=O) groups is 1. The Morgan fingerprint density at radius 3 is 2.50 bits per heavy atom. The van der Waals surface area contributed by atoms with Gasteiger partial charge in [-0.25, -0.2) is 4.98 Å². The number of fused-ring (bicyclic) bond motifs is 1. The molecule has 182 valence electrons. The summed E-state index contributed by atoms with van der Waals surface area (Å²) in [7, 11) is 5.45. The number of nitrogens with zero attached hydrogens (tertiary/aromatic N) is 4. The highest BCUT2D eigenvalue weighted by Crippen LogP contribution is 2.30. The fourth-order valence-corrected chi connectivity index (χ4v) is 4.82. The van der Waals surface area contributed by atoms with Crippen LogP contribution >= 0.6 is 0 Å². The number of aryl methyl sites for hydroxylation is 1. The Hall–Kier alpha value is -3.43. The molecule has 0 atom stereocenters. The van der Waals surface area contributed by atoms with Crippen LogP contribution in [0.15, 0.2) is 18.2 Å². The number of nitrogens with one attached hydrogen (secondary N) is 2. The Balaban J connectivity index is 1.36. The molecule has 34 heavy (non-hydrogen) atoms. The molecule has 0 unspecified atom stereocenters. The lowest BCUT2D eigenvalue weighted by atomic mass is 9.91. The number of rotatable bonds is 7. The van der Waals surface area contributed by atoms with E-state index in [1.54, 1.807) is 0 Å². The molecular weight excluding hydrogens is 436 g/mol. The van der Waals surface area contributed by atoms with E-state index in [0.29, 0.717) is 11.5 Å². The number of carbonyl (C=O) groups excluding carboxylic acids is 1. The van der Waals surface area contributed by atoms with Gasteiger partial charge in [0.05, 0.1) is 29.4 Å². The van der Waals surface area contributed by atoms with Crippen LogP contribution in [-0.2, 0) is 12.8 Å². The number of benzene rings is 1. The van der Waals surface area contributed by atoms with E-state index in [1.165, 1.54) is 43.7 Å². The predicted molar refractivity (Wildman–Crippen MR) is 130 cm³/mol. The molecule has 1 saturated carbocycles. The van der Waals surface area contributed by atoms with E-state index in [-0.39, 0.29) is 29.4 Å². The van der Waals surface area contributed by atoms with Crippen molar-refractivity contribution < 1.29 is 14.5 Å². The molecule has 2 aromatic rings. The zero-order valence-corrected chi connectivity index (χ0v) is 20.0. The predicted octanol–water partition coefficient (Wildman–Crippen LogP) is 3.49. The van der Waals surface area contributed by atoms with Gasteiger partial charge in [-0.3, -0.25) is 14.9 Å². The average Bonchev–Trinajstić information content (AvgIpc) is 2.84. The van der Waals surface area contributed by atoms with Crippen LogP contribution in [0.25, 0.3) is 0 Å². The number of amides is 1. The van der Waals surface area contributed by atoms with Crippen molar-refractivity contribution >= 4 is 23.4 Å². The van der Waals surface area contributed by atoms with Crippen molar-refractivity contribution in [1.29, 1.82) is 0 Å². The fourth-order valence-electron chi connectivity index (χ4n) is 4.82. The van der Waals surface area contributed by atoms with Crippen LogP contribution in [0.3, 0.4) is 0 Å². The first-order valence-electron chi connectivity index (χ1n) is 11.8. The van der Waals surface area contributed by atoms with Crippen molar-refractivity contribution in [2.24, 2.45) is 0 Å². The van der Waals surface area contributed by atoms with Crippen molar-refractivity contribution in [2.45, 2.75) is 63.5 Å². The van der Waals surface area contributed by atoms with Gasteiger partial charge in [-0.2, -0.15) is 4.98 Å². The largest absolute Gasteiger partial charge is 0.496 e. The minimum Gasteiger partial charge on any atom is -0.496 e. The first-order chi connectivity index (χ1) is 16.4. The molecule has 0 bridgehead atoms. The van der Waals surface area contributed by atoms with Crippen molar-refractivity contribution in [3.05, 3.63) is 45.1 Å². The maximum atomic E-state index is 12.8. The van der Waals surface area contributed by atoms with E-state index in [9.17, 15) is 14.9 Å². The van der Waals surface area contributed by atoms with E-state index in [0.717, 1.165) is 50.0 Å². The topological polar surface area (TPSA) is 123 Å².